The minimum absolute atomic E-state index is 0.0138. The highest BCUT2D eigenvalue weighted by Crippen LogP contribution is 2.44. The van der Waals surface area contributed by atoms with E-state index in [1.807, 2.05) is 12.3 Å². The number of carbonyl (C=O) groups is 2. The standard InChI is InChI=1S/C14H18N2O2S/c1-14(11-2-3-11)13(18)15-8-12(17)16(14)6-4-10-5-7-19-9-10/h5,7,9,11H,2-4,6,8H2,1H3,(H,15,18). The van der Waals surface area contributed by atoms with Gasteiger partial charge >= 0.3 is 0 Å². The van der Waals surface area contributed by atoms with Crippen LogP contribution in [0.15, 0.2) is 16.8 Å². The Hall–Kier alpha value is -1.36. The molecular formula is C14H18N2O2S. The van der Waals surface area contributed by atoms with Crippen LogP contribution in [-0.2, 0) is 16.0 Å². The summed E-state index contributed by atoms with van der Waals surface area (Å²) in [4.78, 5) is 26.2. The van der Waals surface area contributed by atoms with E-state index in [0.29, 0.717) is 12.5 Å². The number of amides is 2. The van der Waals surface area contributed by atoms with Crippen LogP contribution in [0.4, 0.5) is 0 Å². The first-order valence-electron chi connectivity index (χ1n) is 6.72. The first kappa shape index (κ1) is 12.7. The fourth-order valence-electron chi connectivity index (χ4n) is 2.90. The van der Waals surface area contributed by atoms with Crippen LogP contribution in [0, 0.1) is 5.92 Å². The van der Waals surface area contributed by atoms with Crippen LogP contribution in [0.5, 0.6) is 0 Å². The topological polar surface area (TPSA) is 49.4 Å². The molecule has 0 aromatic carbocycles. The Morgan fingerprint density at radius 3 is 2.89 bits per heavy atom. The maximum absolute atomic E-state index is 12.2. The van der Waals surface area contributed by atoms with Crippen LogP contribution in [0.3, 0.4) is 0 Å². The van der Waals surface area contributed by atoms with E-state index in [2.05, 4.69) is 16.8 Å². The van der Waals surface area contributed by atoms with E-state index in [0.717, 1.165) is 19.3 Å². The summed E-state index contributed by atoms with van der Waals surface area (Å²) in [6.07, 6.45) is 2.92. The third kappa shape index (κ3) is 2.16. The summed E-state index contributed by atoms with van der Waals surface area (Å²) in [6.45, 7) is 2.70. The first-order valence-corrected chi connectivity index (χ1v) is 7.66. The summed E-state index contributed by atoms with van der Waals surface area (Å²) >= 11 is 1.66. The number of rotatable bonds is 4. The summed E-state index contributed by atoms with van der Waals surface area (Å²) in [5.41, 5.74) is 0.604. The lowest BCUT2D eigenvalue weighted by atomic mass is 9.89. The molecule has 1 saturated heterocycles. The predicted octanol–water partition coefficient (Wildman–Crippen LogP) is 1.42. The Balaban J connectivity index is 1.78. The molecule has 2 amide bonds. The van der Waals surface area contributed by atoms with Crippen LogP contribution in [0.2, 0.25) is 0 Å². The molecule has 1 N–H and O–H groups in total. The van der Waals surface area contributed by atoms with Crippen LogP contribution in [0.25, 0.3) is 0 Å². The van der Waals surface area contributed by atoms with Gasteiger partial charge in [-0.2, -0.15) is 11.3 Å². The molecule has 1 atom stereocenters. The molecule has 19 heavy (non-hydrogen) atoms. The minimum atomic E-state index is -0.634. The molecule has 3 rings (SSSR count). The van der Waals surface area contributed by atoms with Gasteiger partial charge in [0, 0.05) is 6.54 Å². The van der Waals surface area contributed by atoms with Gasteiger partial charge in [0.1, 0.15) is 5.54 Å². The molecule has 4 nitrogen and oxygen atoms in total. The second kappa shape index (κ2) is 4.63. The SMILES string of the molecule is CC1(C2CC2)C(=O)NCC(=O)N1CCc1ccsc1. The van der Waals surface area contributed by atoms with Gasteiger partial charge in [0.2, 0.25) is 11.8 Å². The van der Waals surface area contributed by atoms with Crippen LogP contribution in [0.1, 0.15) is 25.3 Å². The van der Waals surface area contributed by atoms with Gasteiger partial charge in [0.15, 0.2) is 0 Å². The summed E-state index contributed by atoms with van der Waals surface area (Å²) in [5.74, 6) is 0.392. The van der Waals surface area contributed by atoms with Gasteiger partial charge < -0.3 is 10.2 Å². The summed E-state index contributed by atoms with van der Waals surface area (Å²) in [6, 6.07) is 2.08. The maximum Gasteiger partial charge on any atom is 0.246 e. The molecule has 0 spiro atoms. The third-order valence-electron chi connectivity index (χ3n) is 4.30. The Labute approximate surface area is 116 Å². The molecule has 1 unspecified atom stereocenters. The third-order valence-corrected chi connectivity index (χ3v) is 5.03. The van der Waals surface area contributed by atoms with Gasteiger partial charge in [-0.25, -0.2) is 0 Å². The van der Waals surface area contributed by atoms with Crippen molar-refractivity contribution < 1.29 is 9.59 Å². The summed E-state index contributed by atoms with van der Waals surface area (Å²) in [5, 5.41) is 6.88. The molecule has 2 heterocycles. The van der Waals surface area contributed by atoms with E-state index in [4.69, 9.17) is 0 Å². The highest BCUT2D eigenvalue weighted by molar-refractivity contribution is 7.07. The molecule has 1 saturated carbocycles. The summed E-state index contributed by atoms with van der Waals surface area (Å²) in [7, 11) is 0. The van der Waals surface area contributed by atoms with Gasteiger partial charge in [0.25, 0.3) is 0 Å². The van der Waals surface area contributed by atoms with E-state index in [1.165, 1.54) is 5.56 Å². The molecule has 1 aliphatic carbocycles. The zero-order chi connectivity index (χ0) is 13.5. The lowest BCUT2D eigenvalue weighted by Crippen LogP contribution is -2.67. The molecular weight excluding hydrogens is 260 g/mol. The lowest BCUT2D eigenvalue weighted by Gasteiger charge is -2.44. The van der Waals surface area contributed by atoms with Crippen molar-refractivity contribution in [2.24, 2.45) is 5.92 Å². The number of hydrogen-bond donors (Lipinski definition) is 1. The molecule has 2 aliphatic rings. The van der Waals surface area contributed by atoms with Gasteiger partial charge in [-0.05, 0) is 54.5 Å². The fourth-order valence-corrected chi connectivity index (χ4v) is 3.60. The smallest absolute Gasteiger partial charge is 0.246 e. The molecule has 2 fully saturated rings. The van der Waals surface area contributed by atoms with Crippen molar-refractivity contribution in [2.45, 2.75) is 31.7 Å². The normalized spacial score (nSPS) is 27.5. The fraction of sp³-hybridized carbons (Fsp3) is 0.571. The van der Waals surface area contributed by atoms with Crippen LogP contribution >= 0.6 is 11.3 Å². The first-order chi connectivity index (χ1) is 9.12. The highest BCUT2D eigenvalue weighted by atomic mass is 32.1. The van der Waals surface area contributed by atoms with Gasteiger partial charge in [0.05, 0.1) is 6.54 Å². The zero-order valence-electron chi connectivity index (χ0n) is 11.0. The van der Waals surface area contributed by atoms with Crippen molar-refractivity contribution in [1.29, 1.82) is 0 Å². The number of piperazine rings is 1. The number of thiophene rings is 1. The number of hydrogen-bond acceptors (Lipinski definition) is 3. The van der Waals surface area contributed by atoms with E-state index in [9.17, 15) is 9.59 Å². The lowest BCUT2D eigenvalue weighted by molar-refractivity contribution is -0.154. The molecule has 1 aromatic rings. The number of carbonyl (C=O) groups excluding carboxylic acids is 2. The second-order valence-corrected chi connectivity index (χ2v) is 6.31. The van der Waals surface area contributed by atoms with E-state index >= 15 is 0 Å². The van der Waals surface area contributed by atoms with Crippen molar-refractivity contribution in [3.05, 3.63) is 22.4 Å². The molecule has 102 valence electrons. The minimum Gasteiger partial charge on any atom is -0.345 e. The Morgan fingerprint density at radius 1 is 1.47 bits per heavy atom. The molecule has 0 bridgehead atoms. The van der Waals surface area contributed by atoms with Crippen molar-refractivity contribution in [3.8, 4) is 0 Å². The quantitative estimate of drug-likeness (QED) is 0.905. The van der Waals surface area contributed by atoms with Crippen LogP contribution < -0.4 is 5.32 Å². The Kier molecular flexibility index (Phi) is 3.09. The van der Waals surface area contributed by atoms with E-state index in [-0.39, 0.29) is 18.4 Å². The highest BCUT2D eigenvalue weighted by Gasteiger charge is 2.54. The molecule has 1 aromatic heterocycles. The zero-order valence-corrected chi connectivity index (χ0v) is 11.8. The van der Waals surface area contributed by atoms with Crippen molar-refractivity contribution in [3.63, 3.8) is 0 Å². The maximum atomic E-state index is 12.2. The Morgan fingerprint density at radius 2 is 2.26 bits per heavy atom. The van der Waals surface area contributed by atoms with Gasteiger partial charge in [-0.15, -0.1) is 0 Å². The average molecular weight is 278 g/mol. The van der Waals surface area contributed by atoms with Gasteiger partial charge in [-0.1, -0.05) is 0 Å². The average Bonchev–Trinajstić information content (AvgIpc) is 3.13. The van der Waals surface area contributed by atoms with Gasteiger partial charge in [-0.3, -0.25) is 9.59 Å². The van der Waals surface area contributed by atoms with Crippen molar-refractivity contribution in [2.75, 3.05) is 13.1 Å². The number of nitrogens with zero attached hydrogens (tertiary/aromatic N) is 1. The van der Waals surface area contributed by atoms with Crippen molar-refractivity contribution in [1.82, 2.24) is 10.2 Å². The monoisotopic (exact) mass is 278 g/mol. The predicted molar refractivity (Wildman–Crippen MR) is 73.9 cm³/mol. The Bertz CT molecular complexity index is 496. The summed E-state index contributed by atoms with van der Waals surface area (Å²) < 4.78 is 0. The van der Waals surface area contributed by atoms with E-state index in [1.54, 1.807) is 16.2 Å². The largest absolute Gasteiger partial charge is 0.345 e. The van der Waals surface area contributed by atoms with E-state index < -0.39 is 5.54 Å². The second-order valence-electron chi connectivity index (χ2n) is 5.53. The van der Waals surface area contributed by atoms with Crippen LogP contribution in [-0.4, -0.2) is 35.3 Å². The number of nitrogens with one attached hydrogen (secondary N) is 1. The van der Waals surface area contributed by atoms with Crippen molar-refractivity contribution >= 4 is 23.2 Å². The molecule has 1 aliphatic heterocycles. The molecule has 0 radical (unpaired) electrons. The molecule has 5 heteroatoms.